The van der Waals surface area contributed by atoms with Crippen molar-refractivity contribution < 1.29 is 5.11 Å². The quantitative estimate of drug-likeness (QED) is 0.875. The van der Waals surface area contributed by atoms with Crippen LogP contribution in [0.3, 0.4) is 0 Å². The molecule has 0 aromatic carbocycles. The maximum absolute atomic E-state index is 9.91. The molecule has 1 heterocycles. The van der Waals surface area contributed by atoms with Gasteiger partial charge < -0.3 is 5.11 Å². The molecule has 0 aliphatic heterocycles. The Morgan fingerprint density at radius 1 is 1.31 bits per heavy atom. The van der Waals surface area contributed by atoms with E-state index in [-0.39, 0.29) is 11.5 Å². The van der Waals surface area contributed by atoms with Crippen molar-refractivity contribution in [2.45, 2.75) is 60.0 Å². The van der Waals surface area contributed by atoms with Gasteiger partial charge in [-0.15, -0.1) is 11.3 Å². The van der Waals surface area contributed by atoms with Crippen molar-refractivity contribution in [3.05, 3.63) is 15.6 Å². The van der Waals surface area contributed by atoms with Gasteiger partial charge in [0.05, 0.1) is 16.8 Å². The molecule has 16 heavy (non-hydrogen) atoms. The highest BCUT2D eigenvalue weighted by atomic mass is 32.1. The molecule has 1 aromatic heterocycles. The Kier molecular flexibility index (Phi) is 4.51. The molecule has 0 saturated carbocycles. The van der Waals surface area contributed by atoms with Crippen LogP contribution in [-0.2, 0) is 6.42 Å². The smallest absolute Gasteiger partial charge is 0.0930 e. The van der Waals surface area contributed by atoms with Crippen LogP contribution < -0.4 is 0 Å². The molecule has 0 fully saturated rings. The van der Waals surface area contributed by atoms with E-state index in [1.807, 2.05) is 0 Å². The van der Waals surface area contributed by atoms with E-state index in [0.29, 0.717) is 0 Å². The average Bonchev–Trinajstić information content (AvgIpc) is 2.44. The molecule has 0 aliphatic carbocycles. The second kappa shape index (κ2) is 5.28. The average molecular weight is 241 g/mol. The first-order chi connectivity index (χ1) is 7.30. The lowest BCUT2D eigenvalue weighted by Gasteiger charge is -2.25. The van der Waals surface area contributed by atoms with E-state index in [0.717, 1.165) is 25.0 Å². The molecule has 0 radical (unpaired) electrons. The molecule has 2 nitrogen and oxygen atoms in total. The maximum atomic E-state index is 9.91. The monoisotopic (exact) mass is 241 g/mol. The molecular formula is C13H23NOS. The zero-order valence-corrected chi connectivity index (χ0v) is 11.8. The Morgan fingerprint density at radius 3 is 2.38 bits per heavy atom. The van der Waals surface area contributed by atoms with Gasteiger partial charge in [-0.3, -0.25) is 0 Å². The van der Waals surface area contributed by atoms with Gasteiger partial charge in [0.2, 0.25) is 0 Å². The first-order valence-corrected chi connectivity index (χ1v) is 6.73. The van der Waals surface area contributed by atoms with Gasteiger partial charge in [-0.25, -0.2) is 4.98 Å². The number of hydrogen-bond acceptors (Lipinski definition) is 3. The van der Waals surface area contributed by atoms with Gasteiger partial charge in [-0.1, -0.05) is 20.8 Å². The number of hydrogen-bond donors (Lipinski definition) is 1. The van der Waals surface area contributed by atoms with Crippen molar-refractivity contribution in [1.29, 1.82) is 0 Å². The highest BCUT2D eigenvalue weighted by Gasteiger charge is 2.21. The summed E-state index contributed by atoms with van der Waals surface area (Å²) in [6.45, 7) is 10.4. The minimum atomic E-state index is -0.213. The van der Waals surface area contributed by atoms with Crippen LogP contribution in [0.4, 0.5) is 0 Å². The Labute approximate surface area is 103 Å². The van der Waals surface area contributed by atoms with Crippen LogP contribution in [0.1, 0.15) is 49.2 Å². The van der Waals surface area contributed by atoms with Crippen molar-refractivity contribution >= 4 is 11.3 Å². The van der Waals surface area contributed by atoms with E-state index in [9.17, 15) is 5.11 Å². The van der Waals surface area contributed by atoms with Gasteiger partial charge in [0, 0.05) is 4.88 Å². The van der Waals surface area contributed by atoms with Gasteiger partial charge in [0.1, 0.15) is 0 Å². The normalized spacial score (nSPS) is 14.1. The zero-order valence-electron chi connectivity index (χ0n) is 11.0. The van der Waals surface area contributed by atoms with Crippen LogP contribution in [0.25, 0.3) is 0 Å². The number of rotatable bonds is 4. The van der Waals surface area contributed by atoms with Gasteiger partial charge in [-0.2, -0.15) is 0 Å². The number of aromatic nitrogens is 1. The summed E-state index contributed by atoms with van der Waals surface area (Å²) in [5.41, 5.74) is 1.14. The van der Waals surface area contributed by atoms with Crippen LogP contribution in [0, 0.1) is 19.3 Å². The van der Waals surface area contributed by atoms with Crippen LogP contribution in [0.2, 0.25) is 0 Å². The fourth-order valence-corrected chi connectivity index (χ4v) is 2.50. The summed E-state index contributed by atoms with van der Waals surface area (Å²) in [4.78, 5) is 5.82. The van der Waals surface area contributed by atoms with Gasteiger partial charge in [0.25, 0.3) is 0 Å². The number of thiazole rings is 1. The third-order valence-corrected chi connectivity index (χ3v) is 4.07. The van der Waals surface area contributed by atoms with Crippen molar-refractivity contribution in [2.75, 3.05) is 0 Å². The number of aliphatic hydroxyl groups excluding tert-OH is 1. The topological polar surface area (TPSA) is 33.1 Å². The summed E-state index contributed by atoms with van der Waals surface area (Å²) < 4.78 is 0. The molecule has 1 rings (SSSR count). The lowest BCUT2D eigenvalue weighted by Crippen LogP contribution is -2.25. The summed E-state index contributed by atoms with van der Waals surface area (Å²) in [5, 5.41) is 11.1. The first-order valence-electron chi connectivity index (χ1n) is 5.91. The predicted molar refractivity (Wildman–Crippen MR) is 70.0 cm³/mol. The van der Waals surface area contributed by atoms with E-state index in [2.05, 4.69) is 39.6 Å². The third kappa shape index (κ3) is 3.87. The summed E-state index contributed by atoms with van der Waals surface area (Å²) in [5.74, 6) is 0. The SMILES string of the molecule is Cc1nc(CCCC(O)C(C)(C)C)sc1C. The fourth-order valence-electron chi connectivity index (χ4n) is 1.53. The molecule has 92 valence electrons. The number of aliphatic hydroxyl groups is 1. The van der Waals surface area contributed by atoms with Crippen LogP contribution in [-0.4, -0.2) is 16.2 Å². The van der Waals surface area contributed by atoms with Crippen molar-refractivity contribution in [2.24, 2.45) is 5.41 Å². The van der Waals surface area contributed by atoms with Gasteiger partial charge >= 0.3 is 0 Å². The minimum absolute atomic E-state index is 0.00525. The second-order valence-corrected chi connectivity index (χ2v) is 6.81. The summed E-state index contributed by atoms with van der Waals surface area (Å²) in [7, 11) is 0. The summed E-state index contributed by atoms with van der Waals surface area (Å²) >= 11 is 1.78. The van der Waals surface area contributed by atoms with Gasteiger partial charge in [-0.05, 0) is 38.5 Å². The highest BCUT2D eigenvalue weighted by molar-refractivity contribution is 7.11. The molecule has 0 bridgehead atoms. The van der Waals surface area contributed by atoms with Crippen LogP contribution in [0.15, 0.2) is 0 Å². The number of aryl methyl sites for hydroxylation is 3. The number of nitrogens with zero attached hydrogens (tertiary/aromatic N) is 1. The molecular weight excluding hydrogens is 218 g/mol. The largest absolute Gasteiger partial charge is 0.393 e. The molecule has 0 amide bonds. The summed E-state index contributed by atoms with van der Waals surface area (Å²) in [6.07, 6.45) is 2.66. The highest BCUT2D eigenvalue weighted by Crippen LogP contribution is 2.24. The van der Waals surface area contributed by atoms with E-state index in [4.69, 9.17) is 0 Å². The molecule has 3 heteroatoms. The Hall–Kier alpha value is -0.410. The van der Waals surface area contributed by atoms with Gasteiger partial charge in [0.15, 0.2) is 0 Å². The first kappa shape index (κ1) is 13.7. The Bertz CT molecular complexity index is 319. The van der Waals surface area contributed by atoms with Crippen molar-refractivity contribution in [3.63, 3.8) is 0 Å². The van der Waals surface area contributed by atoms with E-state index < -0.39 is 0 Å². The lowest BCUT2D eigenvalue weighted by atomic mass is 9.86. The van der Waals surface area contributed by atoms with Crippen LogP contribution in [0.5, 0.6) is 0 Å². The molecule has 0 spiro atoms. The maximum Gasteiger partial charge on any atom is 0.0930 e. The lowest BCUT2D eigenvalue weighted by molar-refractivity contribution is 0.0540. The van der Waals surface area contributed by atoms with Crippen molar-refractivity contribution in [3.8, 4) is 0 Å². The molecule has 1 aromatic rings. The molecule has 1 unspecified atom stereocenters. The fraction of sp³-hybridized carbons (Fsp3) is 0.769. The Morgan fingerprint density at radius 2 is 1.94 bits per heavy atom. The van der Waals surface area contributed by atoms with E-state index in [1.165, 1.54) is 9.88 Å². The van der Waals surface area contributed by atoms with Crippen molar-refractivity contribution in [1.82, 2.24) is 4.98 Å². The second-order valence-electron chi connectivity index (χ2n) is 5.52. The van der Waals surface area contributed by atoms with E-state index >= 15 is 0 Å². The molecule has 1 N–H and O–H groups in total. The molecule has 1 atom stereocenters. The zero-order chi connectivity index (χ0) is 12.3. The third-order valence-electron chi connectivity index (χ3n) is 2.94. The summed E-state index contributed by atoms with van der Waals surface area (Å²) in [6, 6.07) is 0. The molecule has 0 aliphatic rings. The molecule has 0 saturated heterocycles. The Balaban J connectivity index is 2.36. The predicted octanol–water partition coefficient (Wildman–Crippen LogP) is 3.49. The van der Waals surface area contributed by atoms with E-state index in [1.54, 1.807) is 11.3 Å². The standard InChI is InChI=1S/C13H23NOS/c1-9-10(2)16-12(14-9)8-6-7-11(15)13(3,4)5/h11,15H,6-8H2,1-5H3. The minimum Gasteiger partial charge on any atom is -0.393 e. The van der Waals surface area contributed by atoms with Crippen LogP contribution >= 0.6 is 11.3 Å².